The van der Waals surface area contributed by atoms with E-state index in [4.69, 9.17) is 15.2 Å². The first-order chi connectivity index (χ1) is 17.1. The topological polar surface area (TPSA) is 84.9 Å². The van der Waals surface area contributed by atoms with E-state index in [1.54, 1.807) is 0 Å². The minimum absolute atomic E-state index is 0.0268. The molecule has 0 radical (unpaired) electrons. The van der Waals surface area contributed by atoms with Gasteiger partial charge in [0.05, 0.1) is 12.2 Å². The molecule has 36 heavy (non-hydrogen) atoms. The van der Waals surface area contributed by atoms with E-state index in [1.165, 1.54) is 5.57 Å². The maximum Gasteiger partial charge on any atom is 0.127 e. The Labute approximate surface area is 219 Å². The minimum atomic E-state index is -0.187. The van der Waals surface area contributed by atoms with E-state index in [9.17, 15) is 10.2 Å². The van der Waals surface area contributed by atoms with E-state index >= 15 is 0 Å². The number of benzene rings is 1. The molecule has 0 amide bonds. The Kier molecular flexibility index (Phi) is 12.5. The molecule has 0 saturated carbocycles. The minimum Gasteiger partial charge on any atom is -0.507 e. The molecule has 0 aromatic heterocycles. The summed E-state index contributed by atoms with van der Waals surface area (Å²) in [6.07, 6.45) is 10.1. The molecule has 0 bridgehead atoms. The highest BCUT2D eigenvalue weighted by Gasteiger charge is 2.31. The molecule has 0 spiro atoms. The third kappa shape index (κ3) is 9.24. The van der Waals surface area contributed by atoms with Gasteiger partial charge >= 0.3 is 0 Å². The van der Waals surface area contributed by atoms with Gasteiger partial charge in [0.2, 0.25) is 0 Å². The number of phenols is 1. The number of unbranched alkanes of at least 4 members (excludes halogenated alkanes) is 1. The van der Waals surface area contributed by atoms with Crippen molar-refractivity contribution in [1.29, 1.82) is 0 Å². The summed E-state index contributed by atoms with van der Waals surface area (Å²) in [5, 5.41) is 20.6. The second-order valence-electron chi connectivity index (χ2n) is 11.4. The fraction of sp³-hybridized carbons (Fsp3) is 0.677. The van der Waals surface area contributed by atoms with Crippen molar-refractivity contribution >= 4 is 0 Å². The number of aliphatic hydroxyl groups is 1. The van der Waals surface area contributed by atoms with Crippen LogP contribution < -0.4 is 10.5 Å². The molecule has 204 valence electrons. The van der Waals surface area contributed by atoms with Gasteiger partial charge in [-0.2, -0.15) is 0 Å². The monoisotopic (exact) mass is 501 g/mol. The molecule has 0 saturated heterocycles. The van der Waals surface area contributed by atoms with Crippen molar-refractivity contribution in [2.45, 2.75) is 97.5 Å². The molecular formula is C31H51NO4. The Morgan fingerprint density at radius 1 is 1.22 bits per heavy atom. The van der Waals surface area contributed by atoms with Gasteiger partial charge in [-0.1, -0.05) is 44.1 Å². The highest BCUT2D eigenvalue weighted by Crippen LogP contribution is 2.47. The molecule has 1 aromatic carbocycles. The zero-order valence-corrected chi connectivity index (χ0v) is 23.4. The van der Waals surface area contributed by atoms with Crippen molar-refractivity contribution in [3.63, 3.8) is 0 Å². The Morgan fingerprint density at radius 2 is 1.97 bits per heavy atom. The molecule has 5 nitrogen and oxygen atoms in total. The first-order valence-electron chi connectivity index (χ1n) is 13.9. The molecular weight excluding hydrogens is 450 g/mol. The number of ether oxygens (including phenoxy) is 2. The molecule has 3 unspecified atom stereocenters. The van der Waals surface area contributed by atoms with Gasteiger partial charge in [-0.05, 0) is 102 Å². The molecule has 0 aliphatic heterocycles. The number of hydrogen-bond donors (Lipinski definition) is 3. The summed E-state index contributed by atoms with van der Waals surface area (Å²) >= 11 is 0. The summed E-state index contributed by atoms with van der Waals surface area (Å²) in [6, 6.07) is 3.95. The predicted molar refractivity (Wildman–Crippen MR) is 150 cm³/mol. The summed E-state index contributed by atoms with van der Waals surface area (Å²) in [6.45, 7) is 16.6. The molecule has 1 aromatic rings. The number of nitrogens with two attached hydrogens (primary N) is 1. The van der Waals surface area contributed by atoms with Crippen molar-refractivity contribution in [3.05, 3.63) is 47.1 Å². The molecule has 3 atom stereocenters. The molecule has 1 aliphatic rings. The third-order valence-corrected chi connectivity index (χ3v) is 7.48. The van der Waals surface area contributed by atoms with Crippen molar-refractivity contribution in [2.24, 2.45) is 17.6 Å². The summed E-state index contributed by atoms with van der Waals surface area (Å²) < 4.78 is 12.2. The quantitative estimate of drug-likeness (QED) is 0.174. The molecule has 0 fully saturated rings. The Morgan fingerprint density at radius 3 is 2.61 bits per heavy atom. The lowest BCUT2D eigenvalue weighted by atomic mass is 9.73. The van der Waals surface area contributed by atoms with Crippen LogP contribution in [-0.4, -0.2) is 42.2 Å². The van der Waals surface area contributed by atoms with Crippen LogP contribution in [0, 0.1) is 11.8 Å². The van der Waals surface area contributed by atoms with Crippen molar-refractivity contribution in [1.82, 2.24) is 0 Å². The predicted octanol–water partition coefficient (Wildman–Crippen LogP) is 6.66. The Balaban J connectivity index is 2.14. The van der Waals surface area contributed by atoms with Gasteiger partial charge < -0.3 is 25.4 Å². The van der Waals surface area contributed by atoms with Gasteiger partial charge in [0.1, 0.15) is 18.1 Å². The van der Waals surface area contributed by atoms with Crippen LogP contribution in [0.4, 0.5) is 0 Å². The standard InChI is InChI=1S/C31H51NO4/c1-22(2)12-17-36-31(6,14-15-32)13-8-7-9-25-20-28(34)30(29(21-25)35-18-16-33)27-19-24(5)10-11-26(27)23(3)4/h19-22,26-27,33-34H,3,7-18,32H2,1-2,4-6H3. The molecule has 2 rings (SSSR count). The number of rotatable bonds is 16. The summed E-state index contributed by atoms with van der Waals surface area (Å²) in [5.41, 5.74) is 10.0. The number of phenolic OH excluding ortho intramolecular Hbond substituents is 1. The van der Waals surface area contributed by atoms with E-state index in [0.717, 1.165) is 74.7 Å². The number of hydrogen-bond acceptors (Lipinski definition) is 5. The van der Waals surface area contributed by atoms with Crippen molar-refractivity contribution < 1.29 is 19.7 Å². The van der Waals surface area contributed by atoms with Crippen LogP contribution in [0.1, 0.15) is 96.6 Å². The van der Waals surface area contributed by atoms with Crippen LogP contribution in [0.25, 0.3) is 0 Å². The fourth-order valence-corrected chi connectivity index (χ4v) is 5.27. The van der Waals surface area contributed by atoms with Crippen LogP contribution in [0.5, 0.6) is 11.5 Å². The van der Waals surface area contributed by atoms with Gasteiger partial charge in [0, 0.05) is 18.1 Å². The zero-order chi connectivity index (χ0) is 26.7. The maximum atomic E-state index is 11.2. The number of allylic oxidation sites excluding steroid dienone is 3. The highest BCUT2D eigenvalue weighted by molar-refractivity contribution is 5.52. The van der Waals surface area contributed by atoms with E-state index in [2.05, 4.69) is 53.3 Å². The van der Waals surface area contributed by atoms with Gasteiger partial charge in [0.25, 0.3) is 0 Å². The van der Waals surface area contributed by atoms with Crippen LogP contribution in [-0.2, 0) is 11.2 Å². The lowest BCUT2D eigenvalue weighted by Gasteiger charge is -2.32. The molecule has 0 heterocycles. The zero-order valence-electron chi connectivity index (χ0n) is 23.4. The average molecular weight is 502 g/mol. The SMILES string of the molecule is C=C(C)C1CCC(C)=CC1c1c(O)cc(CCCCC(C)(CCN)OCCC(C)C)cc1OCCO. The Hall–Kier alpha value is -1.82. The van der Waals surface area contributed by atoms with E-state index in [1.807, 2.05) is 6.07 Å². The second kappa shape index (κ2) is 14.8. The largest absolute Gasteiger partial charge is 0.507 e. The first kappa shape index (κ1) is 30.4. The fourth-order valence-electron chi connectivity index (χ4n) is 5.27. The normalized spacial score (nSPS) is 19.7. The third-order valence-electron chi connectivity index (χ3n) is 7.48. The molecule has 4 N–H and O–H groups in total. The van der Waals surface area contributed by atoms with Gasteiger partial charge in [-0.25, -0.2) is 0 Å². The lowest BCUT2D eigenvalue weighted by molar-refractivity contribution is -0.0471. The van der Waals surface area contributed by atoms with Crippen molar-refractivity contribution in [3.8, 4) is 11.5 Å². The number of aliphatic hydroxyl groups excluding tert-OH is 1. The first-order valence-corrected chi connectivity index (χ1v) is 13.9. The highest BCUT2D eigenvalue weighted by atomic mass is 16.5. The Bertz CT molecular complexity index is 862. The van der Waals surface area contributed by atoms with Crippen LogP contribution in [0.2, 0.25) is 0 Å². The van der Waals surface area contributed by atoms with Crippen LogP contribution >= 0.6 is 0 Å². The summed E-state index contributed by atoms with van der Waals surface area (Å²) in [5.74, 6) is 1.86. The van der Waals surface area contributed by atoms with Gasteiger partial charge in [0.15, 0.2) is 0 Å². The van der Waals surface area contributed by atoms with Gasteiger partial charge in [-0.3, -0.25) is 0 Å². The van der Waals surface area contributed by atoms with Crippen LogP contribution in [0.15, 0.2) is 35.9 Å². The lowest BCUT2D eigenvalue weighted by Crippen LogP contribution is -2.32. The second-order valence-corrected chi connectivity index (χ2v) is 11.4. The molecule has 1 aliphatic carbocycles. The van der Waals surface area contributed by atoms with E-state index in [-0.39, 0.29) is 36.4 Å². The number of aryl methyl sites for hydroxylation is 1. The van der Waals surface area contributed by atoms with Gasteiger partial charge in [-0.15, -0.1) is 0 Å². The van der Waals surface area contributed by atoms with Crippen molar-refractivity contribution in [2.75, 3.05) is 26.4 Å². The maximum absolute atomic E-state index is 11.2. The average Bonchev–Trinajstić information content (AvgIpc) is 2.80. The van der Waals surface area contributed by atoms with E-state index in [0.29, 0.717) is 18.2 Å². The van der Waals surface area contributed by atoms with E-state index < -0.39 is 0 Å². The van der Waals surface area contributed by atoms with Crippen LogP contribution in [0.3, 0.4) is 0 Å². The summed E-state index contributed by atoms with van der Waals surface area (Å²) in [7, 11) is 0. The molecule has 5 heteroatoms. The number of aromatic hydroxyl groups is 1. The summed E-state index contributed by atoms with van der Waals surface area (Å²) in [4.78, 5) is 0. The smallest absolute Gasteiger partial charge is 0.127 e.